The summed E-state index contributed by atoms with van der Waals surface area (Å²) in [6, 6.07) is 12.2. The maximum Gasteiger partial charge on any atom is 0.192 e. The third-order valence-corrected chi connectivity index (χ3v) is 14.0. The second kappa shape index (κ2) is 12.2. The molecule has 0 saturated heterocycles. The molecule has 2 atom stereocenters. The van der Waals surface area contributed by atoms with Gasteiger partial charge in [-0.15, -0.1) is 0 Å². The van der Waals surface area contributed by atoms with Gasteiger partial charge in [0.1, 0.15) is 0 Å². The molecule has 1 aromatic carbocycles. The minimum atomic E-state index is -1.89. The molecule has 0 radical (unpaired) electrons. The minimum absolute atomic E-state index is 0.115. The first-order valence-corrected chi connectivity index (χ1v) is 18.4. The Morgan fingerprint density at radius 3 is 2.49 bits per heavy atom. The van der Waals surface area contributed by atoms with Crippen molar-refractivity contribution >= 4 is 30.2 Å². The number of rotatable bonds is 11. The van der Waals surface area contributed by atoms with Gasteiger partial charge in [0.25, 0.3) is 0 Å². The fourth-order valence-electron chi connectivity index (χ4n) is 4.59. The summed E-state index contributed by atoms with van der Waals surface area (Å²) in [5, 5.41) is 11.6. The van der Waals surface area contributed by atoms with Crippen LogP contribution in [0.1, 0.15) is 78.1 Å². The Kier molecular flexibility index (Phi) is 9.28. The van der Waals surface area contributed by atoms with Crippen LogP contribution < -0.4 is 5.14 Å². The minimum Gasteiger partial charge on any atom is -0.411 e. The number of hydrogen-bond acceptors (Lipinski definition) is 6. The van der Waals surface area contributed by atoms with Gasteiger partial charge in [-0.05, 0) is 63.0 Å². The quantitative estimate of drug-likeness (QED) is 0.187. The second-order valence-corrected chi connectivity index (χ2v) is 19.5. The van der Waals surface area contributed by atoms with Crippen LogP contribution in [0.15, 0.2) is 55.0 Å². The van der Waals surface area contributed by atoms with E-state index in [1.165, 1.54) is 0 Å². The third kappa shape index (κ3) is 7.17. The largest absolute Gasteiger partial charge is 0.411 e. The standard InChI is InChI=1S/C31H44N6O2SSi/c1-9-11-23(17-31(5,6)40(32)38)27-20-33-19-26(36-27)22-14-15-24-18-34-37(28(24)16-22)29-13-10-12-25(35-29)21-39-41(7,8)30(2,3)4/h10,12-16,18-20,23H,9,11,17,21,32H2,1-8H3/t23-,40?/m1/s1. The molecule has 1 unspecified atom stereocenters. The molecule has 0 spiro atoms. The van der Waals surface area contributed by atoms with Crippen molar-refractivity contribution in [1.82, 2.24) is 24.7 Å². The second-order valence-electron chi connectivity index (χ2n) is 12.9. The lowest BCUT2D eigenvalue weighted by molar-refractivity contribution is 0.272. The fraction of sp³-hybridized carbons (Fsp3) is 0.484. The zero-order chi connectivity index (χ0) is 30.0. The van der Waals surface area contributed by atoms with Crippen molar-refractivity contribution in [3.63, 3.8) is 0 Å². The van der Waals surface area contributed by atoms with Crippen molar-refractivity contribution in [2.45, 2.75) is 96.2 Å². The highest BCUT2D eigenvalue weighted by atomic mass is 32.2. The van der Waals surface area contributed by atoms with E-state index < -0.39 is 24.1 Å². The van der Waals surface area contributed by atoms with Gasteiger partial charge in [0.2, 0.25) is 0 Å². The molecule has 10 heteroatoms. The van der Waals surface area contributed by atoms with Gasteiger partial charge >= 0.3 is 0 Å². The van der Waals surface area contributed by atoms with Crippen LogP contribution in [0.5, 0.6) is 0 Å². The van der Waals surface area contributed by atoms with Crippen LogP contribution in [0.3, 0.4) is 0 Å². The van der Waals surface area contributed by atoms with Gasteiger partial charge in [-0.2, -0.15) is 5.10 Å². The maximum absolute atomic E-state index is 12.1. The molecular weight excluding hydrogens is 549 g/mol. The monoisotopic (exact) mass is 592 g/mol. The van der Waals surface area contributed by atoms with E-state index in [9.17, 15) is 4.21 Å². The highest BCUT2D eigenvalue weighted by Gasteiger charge is 2.37. The van der Waals surface area contributed by atoms with Crippen LogP contribution in [0.2, 0.25) is 18.1 Å². The molecule has 0 fully saturated rings. The van der Waals surface area contributed by atoms with Crippen molar-refractivity contribution in [2.24, 2.45) is 5.14 Å². The molecule has 0 aliphatic heterocycles. The molecule has 4 rings (SSSR count). The molecule has 0 bridgehead atoms. The van der Waals surface area contributed by atoms with Crippen LogP contribution in [0.4, 0.5) is 0 Å². The average molecular weight is 593 g/mol. The highest BCUT2D eigenvalue weighted by molar-refractivity contribution is 7.84. The highest BCUT2D eigenvalue weighted by Crippen LogP contribution is 2.37. The lowest BCUT2D eigenvalue weighted by Gasteiger charge is -2.36. The molecule has 2 N–H and O–H groups in total. The molecule has 0 saturated carbocycles. The number of benzene rings is 1. The number of aromatic nitrogens is 5. The summed E-state index contributed by atoms with van der Waals surface area (Å²) in [6.45, 7) is 17.7. The molecule has 0 aliphatic carbocycles. The summed E-state index contributed by atoms with van der Waals surface area (Å²) in [5.41, 5.74) is 4.45. The van der Waals surface area contributed by atoms with Crippen LogP contribution in [-0.4, -0.2) is 42.0 Å². The van der Waals surface area contributed by atoms with Crippen LogP contribution in [-0.2, 0) is 22.0 Å². The van der Waals surface area contributed by atoms with E-state index in [1.807, 2.05) is 55.2 Å². The van der Waals surface area contributed by atoms with Crippen molar-refractivity contribution < 1.29 is 8.63 Å². The number of hydrogen-bond donors (Lipinski definition) is 1. The summed E-state index contributed by atoms with van der Waals surface area (Å²) in [6.07, 6.45) is 8.05. The zero-order valence-electron chi connectivity index (χ0n) is 25.6. The number of nitrogens with two attached hydrogens (primary N) is 1. The summed E-state index contributed by atoms with van der Waals surface area (Å²) in [5.74, 6) is 0.859. The Labute approximate surface area is 247 Å². The van der Waals surface area contributed by atoms with Crippen molar-refractivity contribution in [1.29, 1.82) is 0 Å². The maximum atomic E-state index is 12.1. The third-order valence-electron chi connectivity index (χ3n) is 8.25. The molecule has 41 heavy (non-hydrogen) atoms. The lowest BCUT2D eigenvalue weighted by atomic mass is 9.90. The van der Waals surface area contributed by atoms with Gasteiger partial charge in [-0.3, -0.25) is 10.1 Å². The van der Waals surface area contributed by atoms with Gasteiger partial charge in [0, 0.05) is 23.1 Å². The van der Waals surface area contributed by atoms with Crippen LogP contribution in [0, 0.1) is 0 Å². The predicted molar refractivity (Wildman–Crippen MR) is 171 cm³/mol. The fourth-order valence-corrected chi connectivity index (χ4v) is 5.90. The Balaban J connectivity index is 1.64. The molecule has 3 aromatic heterocycles. The van der Waals surface area contributed by atoms with Crippen molar-refractivity contribution in [3.8, 4) is 17.1 Å². The van der Waals surface area contributed by atoms with E-state index >= 15 is 0 Å². The van der Waals surface area contributed by atoms with Gasteiger partial charge < -0.3 is 4.43 Å². The Hall–Kier alpha value is -2.79. The number of fused-ring (bicyclic) bond motifs is 1. The van der Waals surface area contributed by atoms with Gasteiger partial charge in [0.15, 0.2) is 14.1 Å². The van der Waals surface area contributed by atoms with E-state index in [2.05, 4.69) is 63.0 Å². The van der Waals surface area contributed by atoms with E-state index in [0.717, 1.165) is 52.2 Å². The first-order valence-electron chi connectivity index (χ1n) is 14.3. The van der Waals surface area contributed by atoms with Crippen molar-refractivity contribution in [3.05, 3.63) is 66.4 Å². The summed E-state index contributed by atoms with van der Waals surface area (Å²) < 4.78 is 19.9. The zero-order valence-corrected chi connectivity index (χ0v) is 27.5. The molecule has 4 aromatic rings. The van der Waals surface area contributed by atoms with E-state index in [4.69, 9.17) is 19.5 Å². The van der Waals surface area contributed by atoms with Crippen LogP contribution in [0.25, 0.3) is 28.0 Å². The topological polar surface area (TPSA) is 109 Å². The molecular formula is C31H44N6O2SSi. The first-order chi connectivity index (χ1) is 19.2. The average Bonchev–Trinajstić information content (AvgIpc) is 3.34. The normalized spacial score (nSPS) is 14.4. The lowest BCUT2D eigenvalue weighted by Crippen LogP contribution is -2.40. The molecule has 3 heterocycles. The van der Waals surface area contributed by atoms with Crippen LogP contribution >= 0.6 is 0 Å². The first kappa shape index (κ1) is 31.1. The van der Waals surface area contributed by atoms with Gasteiger partial charge in [-0.1, -0.05) is 52.3 Å². The SMILES string of the molecule is CCC[C@H](CC(C)(C)S(N)=O)c1cncc(-c2ccc3cnn(-c4cccc(CO[Si](C)(C)C(C)(C)C)n4)c3c2)n1. The Bertz CT molecular complexity index is 1530. The van der Waals surface area contributed by atoms with E-state index in [-0.39, 0.29) is 11.0 Å². The van der Waals surface area contributed by atoms with E-state index in [1.54, 1.807) is 6.20 Å². The smallest absolute Gasteiger partial charge is 0.192 e. The molecule has 0 aliphatic rings. The summed E-state index contributed by atoms with van der Waals surface area (Å²) in [7, 11) is -3.32. The van der Waals surface area contributed by atoms with E-state index in [0.29, 0.717) is 13.0 Å². The number of pyridine rings is 1. The predicted octanol–water partition coefficient (Wildman–Crippen LogP) is 7.07. The van der Waals surface area contributed by atoms with Crippen molar-refractivity contribution in [2.75, 3.05) is 0 Å². The molecule has 0 amide bonds. The molecule has 220 valence electrons. The summed E-state index contributed by atoms with van der Waals surface area (Å²) in [4.78, 5) is 14.5. The molecule has 8 nitrogen and oxygen atoms in total. The Morgan fingerprint density at radius 1 is 1.05 bits per heavy atom. The van der Waals surface area contributed by atoms with Gasteiger partial charge in [-0.25, -0.2) is 18.9 Å². The van der Waals surface area contributed by atoms with Gasteiger partial charge in [0.05, 0.1) is 57.3 Å². The Morgan fingerprint density at radius 2 is 1.80 bits per heavy atom. The summed E-state index contributed by atoms with van der Waals surface area (Å²) >= 11 is 0. The number of nitrogens with zero attached hydrogens (tertiary/aromatic N) is 5.